The zero-order chi connectivity index (χ0) is 24.1. The van der Waals surface area contributed by atoms with Gasteiger partial charge in [0.1, 0.15) is 11.6 Å². The molecule has 3 N–H and O–H groups in total. The van der Waals surface area contributed by atoms with Gasteiger partial charge in [0.25, 0.3) is 11.5 Å². The standard InChI is InChI=1S/C20H25F3N4O5/c1-12(2)10-27-17(24)16(18(29)25-19(27)30)26(8-9-31-3)15(28)11-32-14-7-5-4-6-13(14)20(21,22)23/h4-7,12H,8-11,24H2,1-3H3,(H,25,29,30). The van der Waals surface area contributed by atoms with E-state index in [9.17, 15) is 27.6 Å². The van der Waals surface area contributed by atoms with Crippen molar-refractivity contribution in [2.45, 2.75) is 26.6 Å². The molecule has 1 aromatic heterocycles. The first kappa shape index (κ1) is 25.0. The largest absolute Gasteiger partial charge is 0.483 e. The summed E-state index contributed by atoms with van der Waals surface area (Å²) in [5.41, 5.74) is 3.06. The van der Waals surface area contributed by atoms with Crippen molar-refractivity contribution in [3.8, 4) is 5.75 Å². The SMILES string of the molecule is COCCN(C(=O)COc1ccccc1C(F)(F)F)c1c(N)n(CC(C)C)c(=O)[nH]c1=O. The van der Waals surface area contributed by atoms with Gasteiger partial charge >= 0.3 is 11.9 Å². The molecule has 0 aliphatic heterocycles. The third kappa shape index (κ3) is 5.90. The fraction of sp³-hybridized carbons (Fsp3) is 0.450. The molecule has 0 aliphatic carbocycles. The van der Waals surface area contributed by atoms with E-state index in [2.05, 4.69) is 4.98 Å². The smallest absolute Gasteiger partial charge is 0.419 e. The van der Waals surface area contributed by atoms with Crippen LogP contribution in [0.5, 0.6) is 5.75 Å². The molecule has 12 heteroatoms. The Morgan fingerprint density at radius 1 is 1.25 bits per heavy atom. The molecule has 2 aromatic rings. The number of aromatic nitrogens is 2. The van der Waals surface area contributed by atoms with Crippen molar-refractivity contribution in [3.63, 3.8) is 0 Å². The van der Waals surface area contributed by atoms with Gasteiger partial charge in [-0.15, -0.1) is 0 Å². The lowest BCUT2D eigenvalue weighted by atomic mass is 10.2. The molecule has 0 bridgehead atoms. The normalized spacial score (nSPS) is 11.6. The summed E-state index contributed by atoms with van der Waals surface area (Å²) in [6.07, 6.45) is -4.68. The minimum absolute atomic E-state index is 0.000850. The third-order valence-corrected chi connectivity index (χ3v) is 4.40. The van der Waals surface area contributed by atoms with Crippen LogP contribution in [0.15, 0.2) is 33.9 Å². The van der Waals surface area contributed by atoms with Gasteiger partial charge in [0, 0.05) is 20.2 Å². The molecule has 1 aromatic carbocycles. The van der Waals surface area contributed by atoms with E-state index in [1.807, 2.05) is 13.8 Å². The zero-order valence-corrected chi connectivity index (χ0v) is 17.9. The van der Waals surface area contributed by atoms with Crippen LogP contribution in [0.25, 0.3) is 0 Å². The number of anilines is 2. The number of benzene rings is 1. The molecule has 9 nitrogen and oxygen atoms in total. The number of H-pyrrole nitrogens is 1. The predicted octanol–water partition coefficient (Wildman–Crippen LogP) is 1.85. The molecule has 0 radical (unpaired) electrons. The first-order valence-electron chi connectivity index (χ1n) is 9.68. The second kappa shape index (κ2) is 10.4. The molecule has 0 atom stereocenters. The third-order valence-electron chi connectivity index (χ3n) is 4.40. The van der Waals surface area contributed by atoms with Gasteiger partial charge in [-0.25, -0.2) is 4.79 Å². The number of nitrogens with one attached hydrogen (secondary N) is 1. The quantitative estimate of drug-likeness (QED) is 0.592. The maximum atomic E-state index is 13.2. The highest BCUT2D eigenvalue weighted by Gasteiger charge is 2.34. The first-order valence-corrected chi connectivity index (χ1v) is 9.68. The maximum absolute atomic E-state index is 13.2. The van der Waals surface area contributed by atoms with Crippen molar-refractivity contribution in [2.24, 2.45) is 5.92 Å². The molecule has 1 heterocycles. The van der Waals surface area contributed by atoms with Crippen LogP contribution in [0.1, 0.15) is 19.4 Å². The Morgan fingerprint density at radius 2 is 1.91 bits per heavy atom. The number of methoxy groups -OCH3 is 1. The zero-order valence-electron chi connectivity index (χ0n) is 17.9. The van der Waals surface area contributed by atoms with Crippen LogP contribution >= 0.6 is 0 Å². The van der Waals surface area contributed by atoms with Gasteiger partial charge in [0.15, 0.2) is 12.3 Å². The summed E-state index contributed by atoms with van der Waals surface area (Å²) < 4.78 is 50.7. The molecule has 0 unspecified atom stereocenters. The molecule has 0 aliphatic rings. The molecule has 2 rings (SSSR count). The van der Waals surface area contributed by atoms with Gasteiger partial charge in [-0.2, -0.15) is 13.2 Å². The van der Waals surface area contributed by atoms with Crippen LogP contribution in [0.4, 0.5) is 24.7 Å². The highest BCUT2D eigenvalue weighted by atomic mass is 19.4. The Labute approximate surface area is 181 Å². The van der Waals surface area contributed by atoms with Crippen LogP contribution in [-0.4, -0.2) is 42.3 Å². The Hall–Kier alpha value is -3.28. The van der Waals surface area contributed by atoms with Crippen molar-refractivity contribution in [1.29, 1.82) is 0 Å². The van der Waals surface area contributed by atoms with E-state index in [4.69, 9.17) is 15.2 Å². The molecular weight excluding hydrogens is 433 g/mol. The van der Waals surface area contributed by atoms with Crippen LogP contribution in [0, 0.1) is 5.92 Å². The Bertz CT molecular complexity index is 1060. The number of halogens is 3. The summed E-state index contributed by atoms with van der Waals surface area (Å²) >= 11 is 0. The Morgan fingerprint density at radius 3 is 2.50 bits per heavy atom. The van der Waals surface area contributed by atoms with Gasteiger partial charge in [0.2, 0.25) is 0 Å². The Kier molecular flexibility index (Phi) is 8.08. The molecule has 1 amide bonds. The van der Waals surface area contributed by atoms with Crippen LogP contribution in [0.3, 0.4) is 0 Å². The molecule has 0 fully saturated rings. The van der Waals surface area contributed by atoms with Gasteiger partial charge in [0.05, 0.1) is 12.2 Å². The fourth-order valence-electron chi connectivity index (χ4n) is 2.97. The van der Waals surface area contributed by atoms with Gasteiger partial charge in [-0.3, -0.25) is 24.0 Å². The lowest BCUT2D eigenvalue weighted by molar-refractivity contribution is -0.139. The number of hydrogen-bond donors (Lipinski definition) is 2. The number of para-hydroxylation sites is 1. The minimum atomic E-state index is -4.68. The summed E-state index contributed by atoms with van der Waals surface area (Å²) in [6.45, 7) is 2.88. The number of ether oxygens (including phenoxy) is 2. The van der Waals surface area contributed by atoms with E-state index < -0.39 is 41.3 Å². The molecule has 0 saturated carbocycles. The number of nitrogens with zero attached hydrogens (tertiary/aromatic N) is 2. The molecular formula is C20H25F3N4O5. The predicted molar refractivity (Wildman–Crippen MR) is 112 cm³/mol. The molecule has 176 valence electrons. The number of carbonyl (C=O) groups is 1. The van der Waals surface area contributed by atoms with Crippen molar-refractivity contribution >= 4 is 17.4 Å². The van der Waals surface area contributed by atoms with Crippen LogP contribution in [-0.2, 0) is 22.3 Å². The topological polar surface area (TPSA) is 120 Å². The highest BCUT2D eigenvalue weighted by Crippen LogP contribution is 2.35. The summed E-state index contributed by atoms with van der Waals surface area (Å²) in [7, 11) is 1.37. The number of carbonyl (C=O) groups excluding carboxylic acids is 1. The number of hydrogen-bond acceptors (Lipinski definition) is 6. The monoisotopic (exact) mass is 458 g/mol. The van der Waals surface area contributed by atoms with Crippen molar-refractivity contribution in [2.75, 3.05) is 37.5 Å². The lowest BCUT2D eigenvalue weighted by Crippen LogP contribution is -2.44. The highest BCUT2D eigenvalue weighted by molar-refractivity contribution is 5.96. The molecule has 0 saturated heterocycles. The van der Waals surface area contributed by atoms with E-state index in [-0.39, 0.29) is 37.1 Å². The summed E-state index contributed by atoms with van der Waals surface area (Å²) in [6, 6.07) is 4.44. The van der Waals surface area contributed by atoms with E-state index in [0.29, 0.717) is 0 Å². The lowest BCUT2D eigenvalue weighted by Gasteiger charge is -2.25. The van der Waals surface area contributed by atoms with Crippen molar-refractivity contribution in [1.82, 2.24) is 9.55 Å². The van der Waals surface area contributed by atoms with Crippen molar-refractivity contribution in [3.05, 3.63) is 50.7 Å². The average Bonchev–Trinajstić information content (AvgIpc) is 2.71. The summed E-state index contributed by atoms with van der Waals surface area (Å²) in [5, 5.41) is 0. The van der Waals surface area contributed by atoms with E-state index >= 15 is 0 Å². The second-order valence-corrected chi connectivity index (χ2v) is 7.32. The van der Waals surface area contributed by atoms with Gasteiger partial charge in [-0.1, -0.05) is 26.0 Å². The van der Waals surface area contributed by atoms with E-state index in [1.165, 1.54) is 19.2 Å². The van der Waals surface area contributed by atoms with Gasteiger partial charge < -0.3 is 15.2 Å². The average molecular weight is 458 g/mol. The number of nitrogen functional groups attached to an aromatic ring is 1. The molecule has 0 spiro atoms. The fourth-order valence-corrected chi connectivity index (χ4v) is 2.97. The van der Waals surface area contributed by atoms with Crippen LogP contribution < -0.4 is 26.6 Å². The maximum Gasteiger partial charge on any atom is 0.419 e. The van der Waals surface area contributed by atoms with E-state index in [1.54, 1.807) is 0 Å². The first-order chi connectivity index (χ1) is 15.0. The number of alkyl halides is 3. The van der Waals surface area contributed by atoms with Crippen LogP contribution in [0.2, 0.25) is 0 Å². The van der Waals surface area contributed by atoms with Crippen molar-refractivity contribution < 1.29 is 27.4 Å². The number of rotatable bonds is 9. The Balaban J connectivity index is 2.41. The van der Waals surface area contributed by atoms with Gasteiger partial charge in [-0.05, 0) is 18.1 Å². The minimum Gasteiger partial charge on any atom is -0.483 e. The number of nitrogens with two attached hydrogens (primary N) is 1. The van der Waals surface area contributed by atoms with E-state index in [0.717, 1.165) is 21.6 Å². The second-order valence-electron chi connectivity index (χ2n) is 7.32. The molecule has 32 heavy (non-hydrogen) atoms. The summed E-state index contributed by atoms with van der Waals surface area (Å²) in [4.78, 5) is 40.6. The summed E-state index contributed by atoms with van der Waals surface area (Å²) in [5.74, 6) is -1.62. The number of amides is 1. The number of aromatic amines is 1.